The molecule has 0 radical (unpaired) electrons. The second-order valence-electron chi connectivity index (χ2n) is 6.25. The average molecular weight is 526 g/mol. The lowest BCUT2D eigenvalue weighted by Gasteiger charge is -2.16. The molecule has 0 aliphatic rings. The van der Waals surface area contributed by atoms with E-state index in [2.05, 4.69) is 20.6 Å². The molecule has 2 N–H and O–H groups in total. The highest BCUT2D eigenvalue weighted by Crippen LogP contribution is 2.32. The second-order valence-corrected chi connectivity index (χ2v) is 6.25. The van der Waals surface area contributed by atoms with Crippen LogP contribution in [-0.4, -0.2) is 24.1 Å². The summed E-state index contributed by atoms with van der Waals surface area (Å²) in [5.74, 6) is -0.117. The summed E-state index contributed by atoms with van der Waals surface area (Å²) in [5, 5.41) is 5.79. The van der Waals surface area contributed by atoms with E-state index in [0.29, 0.717) is 24.5 Å². The van der Waals surface area contributed by atoms with Gasteiger partial charge < -0.3 is 15.4 Å². The van der Waals surface area contributed by atoms with Crippen LogP contribution in [0.3, 0.4) is 0 Å². The largest absolute Gasteiger partial charge is 0.475 e. The first-order chi connectivity index (χ1) is 13.2. The third kappa shape index (κ3) is 8.03. The number of alkyl halides is 3. The molecule has 1 aromatic heterocycles. The minimum atomic E-state index is -4.64. The summed E-state index contributed by atoms with van der Waals surface area (Å²) >= 11 is 0. The summed E-state index contributed by atoms with van der Waals surface area (Å²) in [6.07, 6.45) is -2.98. The van der Waals surface area contributed by atoms with Crippen molar-refractivity contribution in [2.24, 2.45) is 4.99 Å². The number of halogens is 5. The summed E-state index contributed by atoms with van der Waals surface area (Å²) in [4.78, 5) is 8.16. The summed E-state index contributed by atoms with van der Waals surface area (Å²) in [6.45, 7) is 4.01. The van der Waals surface area contributed by atoms with E-state index in [4.69, 9.17) is 4.74 Å². The smallest absolute Gasteiger partial charge is 0.416 e. The topological polar surface area (TPSA) is 58.5 Å². The van der Waals surface area contributed by atoms with Gasteiger partial charge in [0.2, 0.25) is 5.88 Å². The monoisotopic (exact) mass is 526 g/mol. The van der Waals surface area contributed by atoms with Crippen molar-refractivity contribution in [3.05, 3.63) is 59.0 Å². The van der Waals surface area contributed by atoms with Gasteiger partial charge in [-0.3, -0.25) is 4.99 Å². The Balaban J connectivity index is 0.00000420. The van der Waals surface area contributed by atoms with Gasteiger partial charge in [-0.25, -0.2) is 9.37 Å². The fraction of sp³-hybridized carbons (Fsp3) is 0.368. The Kier molecular flexibility index (Phi) is 9.60. The predicted octanol–water partition coefficient (Wildman–Crippen LogP) is 4.51. The molecule has 2 rings (SSSR count). The zero-order chi connectivity index (χ0) is 20.7. The molecule has 5 nitrogen and oxygen atoms in total. The van der Waals surface area contributed by atoms with Crippen LogP contribution in [-0.2, 0) is 19.3 Å². The fourth-order valence-electron chi connectivity index (χ4n) is 2.38. The van der Waals surface area contributed by atoms with E-state index in [0.717, 1.165) is 17.7 Å². The Hall–Kier alpha value is -2.11. The molecule has 10 heteroatoms. The van der Waals surface area contributed by atoms with Gasteiger partial charge in [-0.15, -0.1) is 24.0 Å². The Labute approximate surface area is 184 Å². The molecular weight excluding hydrogens is 503 g/mol. The molecule has 2 aromatic rings. The molecule has 0 unspecified atom stereocenters. The first kappa shape index (κ1) is 24.9. The minimum Gasteiger partial charge on any atom is -0.475 e. The number of benzene rings is 1. The third-order valence-electron chi connectivity index (χ3n) is 3.66. The number of ether oxygens (including phenoxy) is 1. The van der Waals surface area contributed by atoms with E-state index in [1.54, 1.807) is 12.3 Å². The summed E-state index contributed by atoms with van der Waals surface area (Å²) in [6, 6.07) is 6.15. The van der Waals surface area contributed by atoms with E-state index >= 15 is 0 Å². The van der Waals surface area contributed by atoms with E-state index in [1.165, 1.54) is 7.05 Å². The summed E-state index contributed by atoms with van der Waals surface area (Å²) in [5.41, 5.74) is -0.245. The van der Waals surface area contributed by atoms with Crippen molar-refractivity contribution < 1.29 is 22.3 Å². The van der Waals surface area contributed by atoms with Crippen molar-refractivity contribution in [2.75, 3.05) is 7.05 Å². The first-order valence-electron chi connectivity index (χ1n) is 8.60. The molecule has 0 aliphatic carbocycles. The lowest BCUT2D eigenvalue weighted by molar-refractivity contribution is -0.138. The van der Waals surface area contributed by atoms with Gasteiger partial charge in [0.15, 0.2) is 5.96 Å². The van der Waals surface area contributed by atoms with Gasteiger partial charge in [0.1, 0.15) is 5.82 Å². The number of hydrogen-bond donors (Lipinski definition) is 2. The van der Waals surface area contributed by atoms with Crippen molar-refractivity contribution in [3.8, 4) is 5.88 Å². The molecule has 0 saturated heterocycles. The highest BCUT2D eigenvalue weighted by atomic mass is 127. The van der Waals surface area contributed by atoms with E-state index in [9.17, 15) is 17.6 Å². The Bertz CT molecular complexity index is 811. The van der Waals surface area contributed by atoms with E-state index in [-0.39, 0.29) is 42.2 Å². The number of hydrogen-bond acceptors (Lipinski definition) is 3. The minimum absolute atomic E-state index is 0. The normalized spacial score (nSPS) is 11.8. The molecule has 1 aromatic carbocycles. The molecule has 160 valence electrons. The van der Waals surface area contributed by atoms with Crippen molar-refractivity contribution >= 4 is 29.9 Å². The van der Waals surface area contributed by atoms with Gasteiger partial charge in [-0.05, 0) is 37.1 Å². The number of aliphatic imine (C=N–C) groups is 1. The Morgan fingerprint density at radius 1 is 1.14 bits per heavy atom. The fourth-order valence-corrected chi connectivity index (χ4v) is 2.38. The van der Waals surface area contributed by atoms with Crippen LogP contribution in [0.4, 0.5) is 17.6 Å². The molecule has 29 heavy (non-hydrogen) atoms. The van der Waals surface area contributed by atoms with Gasteiger partial charge >= 0.3 is 6.18 Å². The van der Waals surface area contributed by atoms with Crippen molar-refractivity contribution in [2.45, 2.75) is 39.2 Å². The maximum absolute atomic E-state index is 13.2. The highest BCUT2D eigenvalue weighted by molar-refractivity contribution is 14.0. The molecule has 0 fully saturated rings. The molecule has 0 spiro atoms. The van der Waals surface area contributed by atoms with E-state index in [1.807, 2.05) is 19.9 Å². The number of rotatable bonds is 6. The van der Waals surface area contributed by atoms with Gasteiger partial charge in [0, 0.05) is 32.4 Å². The van der Waals surface area contributed by atoms with Crippen LogP contribution in [0.5, 0.6) is 5.88 Å². The molecule has 0 aliphatic heterocycles. The molecule has 1 heterocycles. The molecule has 0 amide bonds. The van der Waals surface area contributed by atoms with Gasteiger partial charge in [-0.1, -0.05) is 12.1 Å². The third-order valence-corrected chi connectivity index (χ3v) is 3.66. The molecular formula is C19H23F4IN4O. The van der Waals surface area contributed by atoms with Gasteiger partial charge in [0.05, 0.1) is 11.7 Å². The van der Waals surface area contributed by atoms with Crippen LogP contribution in [0.2, 0.25) is 0 Å². The lowest BCUT2D eigenvalue weighted by atomic mass is 10.1. The first-order valence-corrected chi connectivity index (χ1v) is 8.60. The maximum Gasteiger partial charge on any atom is 0.416 e. The van der Waals surface area contributed by atoms with Crippen molar-refractivity contribution in [1.82, 2.24) is 15.6 Å². The van der Waals surface area contributed by atoms with Crippen molar-refractivity contribution in [1.29, 1.82) is 0 Å². The van der Waals surface area contributed by atoms with Gasteiger partial charge in [0.25, 0.3) is 0 Å². The van der Waals surface area contributed by atoms with Crippen LogP contribution in [0.15, 0.2) is 41.5 Å². The van der Waals surface area contributed by atoms with Crippen LogP contribution < -0.4 is 15.4 Å². The zero-order valence-corrected chi connectivity index (χ0v) is 18.5. The summed E-state index contributed by atoms with van der Waals surface area (Å²) in [7, 11) is 1.50. The van der Waals surface area contributed by atoms with Gasteiger partial charge in [-0.2, -0.15) is 13.2 Å². The van der Waals surface area contributed by atoms with Crippen molar-refractivity contribution in [3.63, 3.8) is 0 Å². The lowest BCUT2D eigenvalue weighted by Crippen LogP contribution is -2.36. The highest BCUT2D eigenvalue weighted by Gasteiger charge is 2.33. The van der Waals surface area contributed by atoms with Crippen LogP contribution in [0.25, 0.3) is 0 Å². The van der Waals surface area contributed by atoms with E-state index < -0.39 is 17.6 Å². The number of nitrogens with one attached hydrogen (secondary N) is 2. The molecule has 0 saturated carbocycles. The maximum atomic E-state index is 13.2. The number of pyridine rings is 1. The number of guanidine groups is 1. The Morgan fingerprint density at radius 2 is 1.83 bits per heavy atom. The van der Waals surface area contributed by atoms with Crippen LogP contribution >= 0.6 is 24.0 Å². The number of aromatic nitrogens is 1. The molecule has 0 atom stereocenters. The average Bonchev–Trinajstić information content (AvgIpc) is 2.62. The summed E-state index contributed by atoms with van der Waals surface area (Å²) < 4.78 is 57.8. The second kappa shape index (κ2) is 11.2. The quantitative estimate of drug-likeness (QED) is 0.252. The molecule has 0 bridgehead atoms. The van der Waals surface area contributed by atoms with Crippen LogP contribution in [0, 0.1) is 5.82 Å². The number of nitrogens with zero attached hydrogens (tertiary/aromatic N) is 2. The predicted molar refractivity (Wildman–Crippen MR) is 114 cm³/mol. The Morgan fingerprint density at radius 3 is 2.38 bits per heavy atom. The standard InChI is InChI=1S/C19H22F4N4O.HI/c1-12(2)28-17-7-4-13(9-25-17)10-26-18(24-3)27-11-14-5-6-15(20)8-16(14)19(21,22)23;/h4-9,12H,10-11H2,1-3H3,(H2,24,26,27);1H. The van der Waals surface area contributed by atoms with Crippen LogP contribution in [0.1, 0.15) is 30.5 Å². The zero-order valence-electron chi connectivity index (χ0n) is 16.2. The SMILES string of the molecule is CN=C(NCc1ccc(OC(C)C)nc1)NCc1ccc(F)cc1C(F)(F)F.I.